The van der Waals surface area contributed by atoms with Gasteiger partial charge >= 0.3 is 0 Å². The number of carbonyl (C=O) groups is 4. The van der Waals surface area contributed by atoms with Crippen LogP contribution in [-0.4, -0.2) is 118 Å². The monoisotopic (exact) mass is 861 g/mol. The van der Waals surface area contributed by atoms with E-state index >= 15 is 17.6 Å². The molecule has 0 aromatic carbocycles. The number of rotatable bonds is 13. The molecule has 61 heavy (non-hydrogen) atoms. The Balaban J connectivity index is 1.48. The summed E-state index contributed by atoms with van der Waals surface area (Å²) in [5.74, 6) is -10.8. The van der Waals surface area contributed by atoms with Crippen molar-refractivity contribution >= 4 is 35.4 Å². The number of hydrogen-bond acceptors (Lipinski definition) is 8. The van der Waals surface area contributed by atoms with Crippen molar-refractivity contribution in [2.45, 2.75) is 115 Å². The number of hydrogen-bond donors (Lipinski definition) is 5. The maximum Gasteiger partial charge on any atom is 0.271 e. The maximum atomic E-state index is 15.4. The molecule has 19 heteroatoms. The molecule has 6 rings (SSSR count). The standard InChI is InChI=1S/C42H53F6N9O4/c1-8-30(53-37(58)22(4)49-6)39(60)57-20-42(47,48)17-27(57)18-55-33-12-10-25(44)14-32(33)52-36(55)35-29(28-11-9-24(43)13-31(28)51-35)15-26-16-41(45,46)19-56(26)40(61)34(21(2)3)54-38(59)23(5)50-7/h9-13,15,21-23,27,30-31,34,49-51H,8,14,16-20H2,1-7H3,(H,53,58)(H,54,59)/b26-15+,36-35?/t22-,23-,27-,30-,31?,34-/m0/s1. The summed E-state index contributed by atoms with van der Waals surface area (Å²) in [6.07, 6.45) is 6.16. The van der Waals surface area contributed by atoms with Crippen LogP contribution in [0.4, 0.5) is 26.3 Å². The number of alkyl halides is 4. The van der Waals surface area contributed by atoms with Gasteiger partial charge in [-0.1, -0.05) is 26.8 Å². The van der Waals surface area contributed by atoms with Gasteiger partial charge in [0.15, 0.2) is 5.48 Å². The van der Waals surface area contributed by atoms with E-state index in [-0.39, 0.29) is 47.5 Å². The first-order valence-electron chi connectivity index (χ1n) is 20.4. The van der Waals surface area contributed by atoms with Crippen LogP contribution in [0.5, 0.6) is 0 Å². The van der Waals surface area contributed by atoms with Crippen LogP contribution < -0.4 is 37.4 Å². The predicted octanol–water partition coefficient (Wildman–Crippen LogP) is 2.11. The lowest BCUT2D eigenvalue weighted by atomic mass is 9.98. The Kier molecular flexibility index (Phi) is 13.1. The van der Waals surface area contributed by atoms with Gasteiger partial charge in [0, 0.05) is 30.7 Å². The van der Waals surface area contributed by atoms with Gasteiger partial charge in [-0.05, 0) is 76.2 Å². The number of amides is 4. The maximum absolute atomic E-state index is 15.4. The molecule has 2 aliphatic carbocycles. The zero-order chi connectivity index (χ0) is 44.7. The van der Waals surface area contributed by atoms with E-state index < -0.39 is 115 Å². The molecule has 2 saturated heterocycles. The van der Waals surface area contributed by atoms with Gasteiger partial charge in [0.05, 0.1) is 60.4 Å². The fraction of sp³-hybridized carbons (Fsp3) is 0.548. The minimum absolute atomic E-state index is 0.0714. The molecule has 2 fully saturated rings. The smallest absolute Gasteiger partial charge is 0.271 e. The second-order valence-electron chi connectivity index (χ2n) is 16.6. The highest BCUT2D eigenvalue weighted by Gasteiger charge is 2.49. The lowest BCUT2D eigenvalue weighted by Gasteiger charge is -2.29. The number of allylic oxidation sites excluding steroid dienone is 5. The van der Waals surface area contributed by atoms with E-state index in [9.17, 15) is 28.0 Å². The highest BCUT2D eigenvalue weighted by Crippen LogP contribution is 2.40. The number of nitrogens with one attached hydrogen (secondary N) is 5. The molecule has 6 atom stereocenters. The summed E-state index contributed by atoms with van der Waals surface area (Å²) in [6.45, 7) is 5.99. The number of halogens is 6. The van der Waals surface area contributed by atoms with Crippen LogP contribution in [0, 0.1) is 5.92 Å². The molecule has 3 aliphatic heterocycles. The Bertz CT molecular complexity index is 2250. The van der Waals surface area contributed by atoms with E-state index in [0.29, 0.717) is 10.9 Å². The van der Waals surface area contributed by atoms with Gasteiger partial charge in [0.1, 0.15) is 23.7 Å². The first-order valence-corrected chi connectivity index (χ1v) is 20.4. The van der Waals surface area contributed by atoms with Crippen molar-refractivity contribution < 1.29 is 45.5 Å². The van der Waals surface area contributed by atoms with Gasteiger partial charge in [0.2, 0.25) is 23.6 Å². The molecule has 0 bridgehead atoms. The summed E-state index contributed by atoms with van der Waals surface area (Å²) in [5.41, 5.74) is 1.02. The summed E-state index contributed by atoms with van der Waals surface area (Å²) in [4.78, 5) is 60.4. The minimum atomic E-state index is -3.36. The van der Waals surface area contributed by atoms with Crippen LogP contribution in [0.1, 0.15) is 59.6 Å². The molecule has 4 heterocycles. The molecule has 5 N–H and O–H groups in total. The van der Waals surface area contributed by atoms with E-state index in [1.807, 2.05) is 0 Å². The summed E-state index contributed by atoms with van der Waals surface area (Å²) >= 11 is 0. The van der Waals surface area contributed by atoms with Gasteiger partial charge in [0.25, 0.3) is 11.8 Å². The molecular formula is C42H53F6N9O4. The zero-order valence-corrected chi connectivity index (χ0v) is 35.1. The summed E-state index contributed by atoms with van der Waals surface area (Å²) in [7, 11) is 3.13. The van der Waals surface area contributed by atoms with Gasteiger partial charge in [-0.25, -0.2) is 31.3 Å². The number of aromatic nitrogens is 2. The van der Waals surface area contributed by atoms with E-state index in [1.54, 1.807) is 53.3 Å². The van der Waals surface area contributed by atoms with Gasteiger partial charge in [-0.15, -0.1) is 0 Å². The van der Waals surface area contributed by atoms with Crippen molar-refractivity contribution in [3.05, 3.63) is 75.4 Å². The van der Waals surface area contributed by atoms with Crippen molar-refractivity contribution in [3.8, 4) is 0 Å². The molecule has 1 aromatic heterocycles. The summed E-state index contributed by atoms with van der Waals surface area (Å²) in [6, 6.07) is -5.64. The van der Waals surface area contributed by atoms with E-state index in [2.05, 4.69) is 26.6 Å². The first-order chi connectivity index (χ1) is 28.7. The largest absolute Gasteiger partial charge is 0.371 e. The molecule has 0 radical (unpaired) electrons. The highest BCUT2D eigenvalue weighted by atomic mass is 19.3. The third kappa shape index (κ3) is 9.51. The lowest BCUT2D eigenvalue weighted by molar-refractivity contribution is -0.138. The third-order valence-corrected chi connectivity index (χ3v) is 11.7. The topological polar surface area (TPSA) is 153 Å². The fourth-order valence-electron chi connectivity index (χ4n) is 8.12. The van der Waals surface area contributed by atoms with E-state index in [0.717, 1.165) is 9.80 Å². The number of carbonyl (C=O) groups excluding carboxylic acids is 4. The second-order valence-corrected chi connectivity index (χ2v) is 16.6. The quantitative estimate of drug-likeness (QED) is 0.190. The summed E-state index contributed by atoms with van der Waals surface area (Å²) in [5, 5.41) is 14.4. The Morgan fingerprint density at radius 3 is 2.25 bits per heavy atom. The van der Waals surface area contributed by atoms with Crippen molar-refractivity contribution in [2.75, 3.05) is 27.2 Å². The van der Waals surface area contributed by atoms with Crippen LogP contribution in [-0.2, 0) is 32.1 Å². The molecule has 1 unspecified atom stereocenters. The van der Waals surface area contributed by atoms with Crippen LogP contribution in [0.15, 0.2) is 58.9 Å². The van der Waals surface area contributed by atoms with E-state index in [4.69, 9.17) is 4.98 Å². The van der Waals surface area contributed by atoms with Crippen molar-refractivity contribution in [2.24, 2.45) is 5.92 Å². The van der Waals surface area contributed by atoms with Crippen molar-refractivity contribution in [1.82, 2.24) is 45.9 Å². The Hall–Kier alpha value is -5.17. The molecule has 0 spiro atoms. The van der Waals surface area contributed by atoms with Gasteiger partial charge in [-0.2, -0.15) is 0 Å². The van der Waals surface area contributed by atoms with Gasteiger partial charge in [-0.3, -0.25) is 19.2 Å². The molecular weight excluding hydrogens is 809 g/mol. The number of likely N-dealkylation sites (tertiary alicyclic amines) is 2. The number of imidazole rings is 1. The zero-order valence-electron chi connectivity index (χ0n) is 35.1. The van der Waals surface area contributed by atoms with Crippen molar-refractivity contribution in [3.63, 3.8) is 0 Å². The first kappa shape index (κ1) is 45.4. The Morgan fingerprint density at radius 1 is 0.934 bits per heavy atom. The molecule has 4 amide bonds. The fourth-order valence-corrected chi connectivity index (χ4v) is 8.12. The molecule has 0 saturated carbocycles. The molecule has 332 valence electrons. The number of fused-ring (bicyclic) bond motifs is 2. The average Bonchev–Trinajstić information content (AvgIpc) is 3.92. The predicted molar refractivity (Wildman–Crippen MR) is 215 cm³/mol. The Labute approximate surface area is 349 Å². The summed E-state index contributed by atoms with van der Waals surface area (Å²) < 4.78 is 92.8. The minimum Gasteiger partial charge on any atom is -0.371 e. The third-order valence-electron chi connectivity index (χ3n) is 11.7. The van der Waals surface area contributed by atoms with Gasteiger partial charge < -0.3 is 41.0 Å². The van der Waals surface area contributed by atoms with Crippen LogP contribution in [0.2, 0.25) is 0 Å². The average molecular weight is 862 g/mol. The molecule has 1 aromatic rings. The normalized spacial score (nSPS) is 25.0. The SMILES string of the molecule is CC[C@H](NC(=O)[C@H](C)NC)C(=O)N1CC(F)(F)C[C@H]1Cn1c(=C2NC3C=C(F)C=CC3=C2/C=C2\CC(F)(F)CN2C(=O)[C@@H](NC(=O)[C@H](C)NC)C(C)C)nc2c1=CC=C(F)C2. The number of nitrogens with zero attached hydrogens (tertiary/aromatic N) is 4. The molecule has 5 aliphatic rings. The van der Waals surface area contributed by atoms with Crippen LogP contribution in [0.3, 0.4) is 0 Å². The highest BCUT2D eigenvalue weighted by molar-refractivity contribution is 5.91. The van der Waals surface area contributed by atoms with E-state index in [1.165, 1.54) is 36.5 Å². The van der Waals surface area contributed by atoms with Crippen molar-refractivity contribution in [1.29, 1.82) is 0 Å². The molecule has 13 nitrogen and oxygen atoms in total. The Morgan fingerprint density at radius 2 is 1.61 bits per heavy atom. The lowest BCUT2D eigenvalue weighted by Crippen LogP contribution is -2.54. The van der Waals surface area contributed by atoms with Crippen LogP contribution in [0.25, 0.3) is 11.8 Å². The van der Waals surface area contributed by atoms with Crippen LogP contribution >= 0.6 is 0 Å². The number of likely N-dealkylation sites (N-methyl/N-ethyl adjacent to an activating group) is 2. The second kappa shape index (κ2) is 17.7.